The zero-order valence-electron chi connectivity index (χ0n) is 27.1. The predicted molar refractivity (Wildman–Crippen MR) is 187 cm³/mol. The zero-order valence-corrected chi connectivity index (χ0v) is 28.8. The van der Waals surface area contributed by atoms with Crippen LogP contribution < -0.4 is 16.0 Å². The largest absolute Gasteiger partial charge is 0.396 e. The first-order valence-corrected chi connectivity index (χ1v) is 18.0. The van der Waals surface area contributed by atoms with Crippen LogP contribution in [0.25, 0.3) is 0 Å². The molecule has 0 spiro atoms. The second-order valence-corrected chi connectivity index (χ2v) is 13.2. The molecule has 10 heteroatoms. The molecular formula is C34H55N3O5S2. The van der Waals surface area contributed by atoms with E-state index in [1.165, 1.54) is 7.11 Å². The average Bonchev–Trinajstić information content (AvgIpc) is 3.00. The first-order valence-electron chi connectivity index (χ1n) is 15.5. The Bertz CT molecular complexity index is 970. The van der Waals surface area contributed by atoms with E-state index in [9.17, 15) is 19.5 Å². The van der Waals surface area contributed by atoms with Crippen molar-refractivity contribution in [2.24, 2.45) is 5.41 Å². The number of hydrogen-bond donors (Lipinski definition) is 4. The molecule has 0 fully saturated rings. The van der Waals surface area contributed by atoms with Crippen molar-refractivity contribution in [3.63, 3.8) is 0 Å². The molecule has 44 heavy (non-hydrogen) atoms. The topological polar surface area (TPSA) is 117 Å². The molecule has 1 unspecified atom stereocenters. The normalized spacial score (nSPS) is 12.6. The standard InChI is InChI=1S/C34H55N3O5S2/c1-5-6-7-8-9-10-11-12-13-14-15-16-17-18-19-20-21-22-30(39)35-25-27-43-44-28-26-36-31(40)23-24-37-33(41)32(42-4)34(2,3)29-38/h6-7,9-10,12-13,15-16,18,20,32,38H,5,8,11,14,17,21-29H2,1-4H3,(H,35,39)(H,36,40)(H,37,41)/b7-6-,10-9-,13-12-,16-15-. The van der Waals surface area contributed by atoms with E-state index in [1.807, 2.05) is 12.2 Å². The Morgan fingerprint density at radius 1 is 0.773 bits per heavy atom. The van der Waals surface area contributed by atoms with Crippen molar-refractivity contribution in [2.75, 3.05) is 44.9 Å². The van der Waals surface area contributed by atoms with Crippen LogP contribution >= 0.6 is 21.6 Å². The molecule has 0 aromatic carbocycles. The maximum Gasteiger partial charge on any atom is 0.249 e. The molecule has 0 bridgehead atoms. The van der Waals surface area contributed by atoms with Crippen molar-refractivity contribution in [3.05, 3.63) is 66.5 Å². The van der Waals surface area contributed by atoms with Crippen LogP contribution in [-0.4, -0.2) is 73.8 Å². The lowest BCUT2D eigenvalue weighted by Crippen LogP contribution is -2.47. The minimum atomic E-state index is -0.791. The number of aliphatic hydroxyl groups excluding tert-OH is 1. The first-order chi connectivity index (χ1) is 21.3. The minimum Gasteiger partial charge on any atom is -0.396 e. The number of ether oxygens (including phenoxy) is 1. The average molecular weight is 650 g/mol. The van der Waals surface area contributed by atoms with Gasteiger partial charge < -0.3 is 25.8 Å². The third-order valence-corrected chi connectivity index (χ3v) is 8.47. The number of carbonyl (C=O) groups is 3. The van der Waals surface area contributed by atoms with Crippen molar-refractivity contribution >= 4 is 39.3 Å². The summed E-state index contributed by atoms with van der Waals surface area (Å²) in [5.41, 5.74) is 2.42. The SMILES string of the molecule is CC/C=C\C/C=C\C/C=C\C/C=C\CC=C=CCCC(=O)NCCSSCCNC(=O)CCNC(=O)C(OC)C(C)(C)CO. The third-order valence-electron chi connectivity index (χ3n) is 6.07. The van der Waals surface area contributed by atoms with Gasteiger partial charge in [-0.05, 0) is 50.7 Å². The Morgan fingerprint density at radius 3 is 1.82 bits per heavy atom. The fourth-order valence-corrected chi connectivity index (χ4v) is 5.41. The highest BCUT2D eigenvalue weighted by Gasteiger charge is 2.34. The Labute approximate surface area is 273 Å². The van der Waals surface area contributed by atoms with Crippen molar-refractivity contribution in [1.29, 1.82) is 0 Å². The Balaban J connectivity index is 3.72. The van der Waals surface area contributed by atoms with Crippen LogP contribution in [0.15, 0.2) is 66.5 Å². The fourth-order valence-electron chi connectivity index (χ4n) is 3.60. The summed E-state index contributed by atoms with van der Waals surface area (Å²) in [4.78, 5) is 36.2. The maximum atomic E-state index is 12.2. The lowest BCUT2D eigenvalue weighted by atomic mass is 9.87. The molecule has 0 aliphatic rings. The molecule has 0 saturated heterocycles. The molecule has 1 atom stereocenters. The van der Waals surface area contributed by atoms with Crippen LogP contribution in [0.3, 0.4) is 0 Å². The van der Waals surface area contributed by atoms with Crippen LogP contribution in [0, 0.1) is 5.41 Å². The molecule has 0 radical (unpaired) electrons. The number of methoxy groups -OCH3 is 1. The molecule has 0 saturated carbocycles. The van der Waals surface area contributed by atoms with Gasteiger partial charge in [0.05, 0.1) is 6.61 Å². The molecule has 0 aliphatic heterocycles. The van der Waals surface area contributed by atoms with Gasteiger partial charge in [0.1, 0.15) is 6.10 Å². The monoisotopic (exact) mass is 649 g/mol. The lowest BCUT2D eigenvalue weighted by molar-refractivity contribution is -0.140. The highest BCUT2D eigenvalue weighted by Crippen LogP contribution is 2.22. The van der Waals surface area contributed by atoms with Crippen LogP contribution in [0.2, 0.25) is 0 Å². The van der Waals surface area contributed by atoms with Gasteiger partial charge in [-0.2, -0.15) is 0 Å². The third kappa shape index (κ3) is 24.9. The van der Waals surface area contributed by atoms with Gasteiger partial charge in [-0.1, -0.05) is 91.0 Å². The maximum absolute atomic E-state index is 12.2. The van der Waals surface area contributed by atoms with Crippen LogP contribution in [0.5, 0.6) is 0 Å². The highest BCUT2D eigenvalue weighted by atomic mass is 33.1. The van der Waals surface area contributed by atoms with E-state index in [-0.39, 0.29) is 37.3 Å². The Morgan fingerprint density at radius 2 is 1.30 bits per heavy atom. The summed E-state index contributed by atoms with van der Waals surface area (Å²) >= 11 is 0. The van der Waals surface area contributed by atoms with Gasteiger partial charge in [0.15, 0.2) is 0 Å². The summed E-state index contributed by atoms with van der Waals surface area (Å²) in [6.45, 7) is 6.76. The van der Waals surface area contributed by atoms with E-state index in [1.54, 1.807) is 35.4 Å². The number of allylic oxidation sites excluding steroid dienone is 9. The van der Waals surface area contributed by atoms with Gasteiger partial charge >= 0.3 is 0 Å². The first kappa shape index (κ1) is 41.5. The Kier molecular flexibility index (Phi) is 27.6. The fraction of sp³-hybridized carbons (Fsp3) is 0.588. The summed E-state index contributed by atoms with van der Waals surface area (Å²) in [6.07, 6.45) is 26.6. The number of carbonyl (C=O) groups excluding carboxylic acids is 3. The van der Waals surface area contributed by atoms with Gasteiger partial charge in [-0.3, -0.25) is 14.4 Å². The molecule has 0 aliphatic carbocycles. The lowest BCUT2D eigenvalue weighted by Gasteiger charge is -2.30. The minimum absolute atomic E-state index is 0.0312. The molecule has 0 heterocycles. The molecule has 0 aromatic heterocycles. The number of rotatable bonds is 26. The Hall–Kier alpha value is -2.49. The van der Waals surface area contributed by atoms with Crippen molar-refractivity contribution in [3.8, 4) is 0 Å². The van der Waals surface area contributed by atoms with Gasteiger partial charge in [-0.25, -0.2) is 0 Å². The van der Waals surface area contributed by atoms with Gasteiger partial charge in [0.25, 0.3) is 0 Å². The van der Waals surface area contributed by atoms with Gasteiger partial charge in [-0.15, -0.1) is 5.73 Å². The van der Waals surface area contributed by atoms with Crippen LogP contribution in [-0.2, 0) is 19.1 Å². The molecule has 0 rings (SSSR count). The van der Waals surface area contributed by atoms with Crippen molar-refractivity contribution in [1.82, 2.24) is 16.0 Å². The van der Waals surface area contributed by atoms with E-state index in [4.69, 9.17) is 4.74 Å². The summed E-state index contributed by atoms with van der Waals surface area (Å²) < 4.78 is 5.21. The van der Waals surface area contributed by atoms with E-state index in [0.29, 0.717) is 25.9 Å². The summed E-state index contributed by atoms with van der Waals surface area (Å²) in [6, 6.07) is 0. The molecule has 3 amide bonds. The molecule has 0 aromatic rings. The molecular weight excluding hydrogens is 595 g/mol. The van der Waals surface area contributed by atoms with E-state index in [2.05, 4.69) is 77.2 Å². The predicted octanol–water partition coefficient (Wildman–Crippen LogP) is 5.83. The smallest absolute Gasteiger partial charge is 0.249 e. The van der Waals surface area contributed by atoms with E-state index in [0.717, 1.165) is 43.6 Å². The second kappa shape index (κ2) is 29.2. The van der Waals surface area contributed by atoms with Crippen LogP contribution in [0.1, 0.15) is 72.1 Å². The molecule has 8 nitrogen and oxygen atoms in total. The number of hydrogen-bond acceptors (Lipinski definition) is 7. The summed E-state index contributed by atoms with van der Waals surface area (Å²) in [7, 11) is 4.70. The summed E-state index contributed by atoms with van der Waals surface area (Å²) in [5.74, 6) is 1.07. The molecule has 248 valence electrons. The zero-order chi connectivity index (χ0) is 32.7. The summed E-state index contributed by atoms with van der Waals surface area (Å²) in [5, 5.41) is 17.9. The second-order valence-electron chi connectivity index (χ2n) is 10.5. The highest BCUT2D eigenvalue weighted by molar-refractivity contribution is 8.76. The van der Waals surface area contributed by atoms with E-state index >= 15 is 0 Å². The quantitative estimate of drug-likeness (QED) is 0.0404. The van der Waals surface area contributed by atoms with Gasteiger partial charge in [0.2, 0.25) is 17.7 Å². The number of nitrogens with one attached hydrogen (secondary N) is 3. The number of aliphatic hydroxyl groups is 1. The van der Waals surface area contributed by atoms with Crippen molar-refractivity contribution in [2.45, 2.75) is 78.2 Å². The van der Waals surface area contributed by atoms with Gasteiger partial charge in [0, 0.05) is 56.5 Å². The van der Waals surface area contributed by atoms with Crippen LogP contribution in [0.4, 0.5) is 0 Å². The number of amides is 3. The van der Waals surface area contributed by atoms with Crippen molar-refractivity contribution < 1.29 is 24.2 Å². The molecule has 4 N–H and O–H groups in total. The van der Waals surface area contributed by atoms with E-state index < -0.39 is 11.5 Å².